The largest absolute Gasteiger partial charge is 0.481 e. The summed E-state index contributed by atoms with van der Waals surface area (Å²) in [4.78, 5) is 23.7. The van der Waals surface area contributed by atoms with Crippen molar-refractivity contribution in [2.75, 3.05) is 0 Å². The summed E-state index contributed by atoms with van der Waals surface area (Å²) in [5.74, 6) is -1.25. The van der Waals surface area contributed by atoms with E-state index in [0.717, 1.165) is 5.56 Å². The molecule has 0 aliphatic carbocycles. The summed E-state index contributed by atoms with van der Waals surface area (Å²) in [5, 5.41) is 12.1. The molecule has 4 nitrogen and oxygen atoms in total. The molecule has 0 aromatic heterocycles. The van der Waals surface area contributed by atoms with Gasteiger partial charge in [-0.3, -0.25) is 9.59 Å². The highest BCUT2D eigenvalue weighted by atomic mass is 79.9. The first-order valence-electron chi connectivity index (χ1n) is 6.31. The molecule has 1 aromatic carbocycles. The van der Waals surface area contributed by atoms with Gasteiger partial charge in [-0.2, -0.15) is 0 Å². The average molecular weight is 342 g/mol. The minimum atomic E-state index is -1.08. The second-order valence-corrected chi connectivity index (χ2v) is 6.85. The molecular weight excluding hydrogens is 322 g/mol. The number of benzene rings is 1. The monoisotopic (exact) mass is 341 g/mol. The van der Waals surface area contributed by atoms with Gasteiger partial charge in [-0.05, 0) is 68.2 Å². The topological polar surface area (TPSA) is 66.4 Å². The molecule has 0 saturated heterocycles. The fraction of sp³-hybridized carbons (Fsp3) is 0.467. The normalized spacial score (nSPS) is 12.1. The van der Waals surface area contributed by atoms with E-state index < -0.39 is 16.9 Å². The number of aryl methyl sites for hydroxylation is 1. The van der Waals surface area contributed by atoms with Crippen molar-refractivity contribution in [1.82, 2.24) is 5.32 Å². The number of halogens is 1. The van der Waals surface area contributed by atoms with Crippen LogP contribution in [0.2, 0.25) is 0 Å². The number of carbonyl (C=O) groups excluding carboxylic acids is 1. The highest BCUT2D eigenvalue weighted by Crippen LogP contribution is 2.31. The molecule has 1 aromatic rings. The van der Waals surface area contributed by atoms with Crippen molar-refractivity contribution >= 4 is 27.8 Å². The third kappa shape index (κ3) is 3.20. The Morgan fingerprint density at radius 1 is 1.20 bits per heavy atom. The minimum Gasteiger partial charge on any atom is -0.481 e. The van der Waals surface area contributed by atoms with Crippen molar-refractivity contribution in [3.63, 3.8) is 0 Å². The lowest BCUT2D eigenvalue weighted by Gasteiger charge is -2.38. The Hall–Kier alpha value is -1.36. The molecule has 0 spiro atoms. The molecule has 110 valence electrons. The summed E-state index contributed by atoms with van der Waals surface area (Å²) in [6.07, 6.45) is 0. The molecule has 2 N–H and O–H groups in total. The maximum Gasteiger partial charge on any atom is 0.311 e. The van der Waals surface area contributed by atoms with Crippen molar-refractivity contribution in [2.24, 2.45) is 5.41 Å². The van der Waals surface area contributed by atoms with Crippen LogP contribution in [0.1, 0.15) is 43.6 Å². The maximum atomic E-state index is 12.3. The van der Waals surface area contributed by atoms with Gasteiger partial charge in [-0.25, -0.2) is 0 Å². The number of amides is 1. The van der Waals surface area contributed by atoms with Crippen molar-refractivity contribution in [3.05, 3.63) is 33.8 Å². The van der Waals surface area contributed by atoms with Crippen LogP contribution in [0.3, 0.4) is 0 Å². The lowest BCUT2D eigenvalue weighted by atomic mass is 9.74. The predicted octanol–water partition coefficient (Wildman–Crippen LogP) is 3.38. The number of rotatable bonds is 4. The van der Waals surface area contributed by atoms with Crippen LogP contribution in [-0.2, 0) is 4.79 Å². The number of aliphatic carboxylic acids is 1. The molecule has 0 unspecified atom stereocenters. The van der Waals surface area contributed by atoms with Gasteiger partial charge in [-0.1, -0.05) is 6.07 Å². The summed E-state index contributed by atoms with van der Waals surface area (Å²) < 4.78 is 0.693. The third-order valence-corrected chi connectivity index (χ3v) is 4.55. The van der Waals surface area contributed by atoms with Gasteiger partial charge in [-0.15, -0.1) is 0 Å². The summed E-state index contributed by atoms with van der Waals surface area (Å²) in [5.41, 5.74) is -0.441. The quantitative estimate of drug-likeness (QED) is 0.882. The zero-order valence-corrected chi connectivity index (χ0v) is 14.0. The number of nitrogens with one attached hydrogen (secondary N) is 1. The van der Waals surface area contributed by atoms with E-state index in [9.17, 15) is 14.7 Å². The van der Waals surface area contributed by atoms with Crippen LogP contribution < -0.4 is 5.32 Å². The Morgan fingerprint density at radius 3 is 2.20 bits per heavy atom. The summed E-state index contributed by atoms with van der Waals surface area (Å²) >= 11 is 3.36. The van der Waals surface area contributed by atoms with Crippen LogP contribution in [0.15, 0.2) is 22.7 Å². The standard InChI is InChI=1S/C15H20BrNO3/c1-9-6-7-10(11(16)8-9)12(18)17-15(4,5)14(2,3)13(19)20/h6-8H,1-5H3,(H,17,18)(H,19,20). The van der Waals surface area contributed by atoms with E-state index >= 15 is 0 Å². The van der Waals surface area contributed by atoms with Gasteiger partial charge in [0.05, 0.1) is 16.5 Å². The van der Waals surface area contributed by atoms with E-state index in [1.807, 2.05) is 19.1 Å². The third-order valence-electron chi connectivity index (χ3n) is 3.89. The second-order valence-electron chi connectivity index (χ2n) is 5.99. The van der Waals surface area contributed by atoms with Gasteiger partial charge in [0, 0.05) is 4.47 Å². The predicted molar refractivity (Wildman–Crippen MR) is 81.8 cm³/mol. The Morgan fingerprint density at radius 2 is 1.75 bits per heavy atom. The molecule has 1 amide bonds. The average Bonchev–Trinajstić information content (AvgIpc) is 2.27. The van der Waals surface area contributed by atoms with Gasteiger partial charge in [0.25, 0.3) is 5.91 Å². The summed E-state index contributed by atoms with van der Waals surface area (Å²) in [6, 6.07) is 5.41. The fourth-order valence-electron chi connectivity index (χ4n) is 1.58. The first-order valence-corrected chi connectivity index (χ1v) is 7.10. The zero-order valence-electron chi connectivity index (χ0n) is 12.4. The number of hydrogen-bond donors (Lipinski definition) is 2. The molecule has 0 saturated carbocycles. The van der Waals surface area contributed by atoms with E-state index in [-0.39, 0.29) is 5.91 Å². The molecule has 5 heteroatoms. The SMILES string of the molecule is Cc1ccc(C(=O)NC(C)(C)C(C)(C)C(=O)O)c(Br)c1. The first kappa shape index (κ1) is 16.7. The molecule has 20 heavy (non-hydrogen) atoms. The lowest BCUT2D eigenvalue weighted by Crippen LogP contribution is -2.57. The highest BCUT2D eigenvalue weighted by Gasteiger charge is 2.44. The van der Waals surface area contributed by atoms with E-state index in [0.29, 0.717) is 10.0 Å². The van der Waals surface area contributed by atoms with Crippen LogP contribution >= 0.6 is 15.9 Å². The van der Waals surface area contributed by atoms with Crippen LogP contribution in [0.25, 0.3) is 0 Å². The lowest BCUT2D eigenvalue weighted by molar-refractivity contribution is -0.150. The number of carbonyl (C=O) groups is 2. The molecule has 1 rings (SSSR count). The Balaban J connectivity index is 3.03. The summed E-state index contributed by atoms with van der Waals surface area (Å²) in [6.45, 7) is 8.55. The smallest absolute Gasteiger partial charge is 0.311 e. The van der Waals surface area contributed by atoms with E-state index in [4.69, 9.17) is 0 Å². The highest BCUT2D eigenvalue weighted by molar-refractivity contribution is 9.10. The minimum absolute atomic E-state index is 0.295. The van der Waals surface area contributed by atoms with Gasteiger partial charge >= 0.3 is 5.97 Å². The number of carboxylic acids is 1. The van der Waals surface area contributed by atoms with Gasteiger partial charge in [0.1, 0.15) is 0 Å². The number of hydrogen-bond acceptors (Lipinski definition) is 2. The Kier molecular flexibility index (Phi) is 4.64. The van der Waals surface area contributed by atoms with Crippen LogP contribution in [0, 0.1) is 12.3 Å². The Labute approximate surface area is 127 Å². The Bertz CT molecular complexity index is 550. The van der Waals surface area contributed by atoms with E-state index in [2.05, 4.69) is 21.2 Å². The molecule has 0 aliphatic rings. The van der Waals surface area contributed by atoms with Gasteiger partial charge in [0.2, 0.25) is 0 Å². The molecule has 0 radical (unpaired) electrons. The van der Waals surface area contributed by atoms with Crippen molar-refractivity contribution in [1.29, 1.82) is 0 Å². The number of carboxylic acid groups (broad SMARTS) is 1. The van der Waals surface area contributed by atoms with Crippen molar-refractivity contribution < 1.29 is 14.7 Å². The summed E-state index contributed by atoms with van der Waals surface area (Å²) in [7, 11) is 0. The van der Waals surface area contributed by atoms with Crippen LogP contribution in [-0.4, -0.2) is 22.5 Å². The van der Waals surface area contributed by atoms with Crippen LogP contribution in [0.4, 0.5) is 0 Å². The molecule has 0 fully saturated rings. The molecule has 0 atom stereocenters. The van der Waals surface area contributed by atoms with E-state index in [1.165, 1.54) is 0 Å². The zero-order chi connectivity index (χ0) is 15.7. The molecule has 0 heterocycles. The maximum absolute atomic E-state index is 12.3. The van der Waals surface area contributed by atoms with Gasteiger partial charge < -0.3 is 10.4 Å². The van der Waals surface area contributed by atoms with Gasteiger partial charge in [0.15, 0.2) is 0 Å². The van der Waals surface area contributed by atoms with Crippen molar-refractivity contribution in [3.8, 4) is 0 Å². The first-order chi connectivity index (χ1) is 8.99. The van der Waals surface area contributed by atoms with Crippen molar-refractivity contribution in [2.45, 2.75) is 40.2 Å². The van der Waals surface area contributed by atoms with E-state index in [1.54, 1.807) is 33.8 Å². The molecule has 0 bridgehead atoms. The molecule has 0 aliphatic heterocycles. The fourth-order valence-corrected chi connectivity index (χ4v) is 2.25. The second kappa shape index (κ2) is 5.56. The molecular formula is C15H20BrNO3. The van der Waals surface area contributed by atoms with Crippen LogP contribution in [0.5, 0.6) is 0 Å².